The molecule has 0 fully saturated rings. The average Bonchev–Trinajstić information content (AvgIpc) is 2.81. The van der Waals surface area contributed by atoms with E-state index in [0.29, 0.717) is 52.6 Å². The molecule has 184 valence electrons. The number of benzene rings is 2. The van der Waals surface area contributed by atoms with Gasteiger partial charge in [-0.25, -0.2) is 4.79 Å². The monoisotopic (exact) mass is 479 g/mol. The first-order valence-electron chi connectivity index (χ1n) is 11.3. The Morgan fingerprint density at radius 2 is 1.63 bits per heavy atom. The maximum atomic E-state index is 13.6. The highest BCUT2D eigenvalue weighted by Gasteiger charge is 2.45. The van der Waals surface area contributed by atoms with Crippen molar-refractivity contribution < 1.29 is 33.7 Å². The van der Waals surface area contributed by atoms with Crippen LogP contribution in [0.5, 0.6) is 17.2 Å². The number of rotatable bonds is 6. The Morgan fingerprint density at radius 3 is 2.26 bits per heavy atom. The van der Waals surface area contributed by atoms with E-state index in [1.807, 2.05) is 13.8 Å². The van der Waals surface area contributed by atoms with E-state index in [2.05, 4.69) is 0 Å². The molecular formula is C27H29NO7. The fraction of sp³-hybridized carbons (Fsp3) is 0.370. The summed E-state index contributed by atoms with van der Waals surface area (Å²) in [6, 6.07) is 9.69. The minimum Gasteiger partial charge on any atom is -0.496 e. The van der Waals surface area contributed by atoms with Crippen LogP contribution in [0.15, 0.2) is 47.7 Å². The number of carboxylic acid groups (broad SMARTS) is 1. The number of carboxylic acids is 1. The molecule has 1 unspecified atom stereocenters. The minimum absolute atomic E-state index is 0.0220. The molecule has 1 aliphatic heterocycles. The Hall–Kier alpha value is -3.81. The van der Waals surface area contributed by atoms with Crippen LogP contribution in [-0.2, 0) is 9.59 Å². The van der Waals surface area contributed by atoms with Crippen molar-refractivity contribution in [3.8, 4) is 17.2 Å². The number of ketones is 1. The maximum absolute atomic E-state index is 13.6. The molecule has 8 heteroatoms. The summed E-state index contributed by atoms with van der Waals surface area (Å²) in [5.74, 6) is -0.436. The molecule has 1 atom stereocenters. The Balaban J connectivity index is 1.94. The summed E-state index contributed by atoms with van der Waals surface area (Å²) in [5, 5.41) is 9.47. The zero-order valence-corrected chi connectivity index (χ0v) is 20.5. The predicted molar refractivity (Wildman–Crippen MR) is 129 cm³/mol. The summed E-state index contributed by atoms with van der Waals surface area (Å²) in [6.45, 7) is 3.98. The lowest BCUT2D eigenvalue weighted by atomic mass is 9.69. The standard InChI is InChI=1S/C27H29NO7/c1-27(2)13-19-25(20(29)14-27)18(17-10-22(34-4)23(35-5)12-21(17)33-3)11-24(30)28(19)16-8-6-7-15(9-16)26(31)32/h6-10,12,18H,11,13-14H2,1-5H3,(H,31,32). The van der Waals surface area contributed by atoms with E-state index in [1.54, 1.807) is 24.3 Å². The van der Waals surface area contributed by atoms with Gasteiger partial charge < -0.3 is 19.3 Å². The van der Waals surface area contributed by atoms with E-state index in [9.17, 15) is 19.5 Å². The van der Waals surface area contributed by atoms with Gasteiger partial charge in [0.1, 0.15) is 5.75 Å². The number of nitrogens with zero attached hydrogens (tertiary/aromatic N) is 1. The molecule has 0 aromatic heterocycles. The third-order valence-corrected chi connectivity index (χ3v) is 6.61. The molecular weight excluding hydrogens is 450 g/mol. The van der Waals surface area contributed by atoms with Crippen molar-refractivity contribution >= 4 is 23.3 Å². The number of anilines is 1. The summed E-state index contributed by atoms with van der Waals surface area (Å²) in [4.78, 5) is 40.3. The Kier molecular flexibility index (Phi) is 6.32. The average molecular weight is 480 g/mol. The molecule has 1 N–H and O–H groups in total. The van der Waals surface area contributed by atoms with E-state index in [1.165, 1.54) is 38.4 Å². The molecule has 4 rings (SSSR count). The SMILES string of the molecule is COc1cc(OC)c(C2CC(=O)N(c3cccc(C(=O)O)c3)C3=C2C(=O)CC(C)(C)C3)cc1OC. The fourth-order valence-electron chi connectivity index (χ4n) is 5.08. The van der Waals surface area contributed by atoms with Crippen LogP contribution in [0.25, 0.3) is 0 Å². The Labute approximate surface area is 204 Å². The van der Waals surface area contributed by atoms with Crippen molar-refractivity contribution in [2.45, 2.75) is 39.0 Å². The number of allylic oxidation sites excluding steroid dienone is 2. The van der Waals surface area contributed by atoms with Crippen molar-refractivity contribution in [1.29, 1.82) is 0 Å². The summed E-state index contributed by atoms with van der Waals surface area (Å²) in [7, 11) is 4.58. The van der Waals surface area contributed by atoms with Crippen molar-refractivity contribution in [2.24, 2.45) is 5.41 Å². The summed E-state index contributed by atoms with van der Waals surface area (Å²) in [6.07, 6.45) is 0.854. The van der Waals surface area contributed by atoms with Gasteiger partial charge in [0.25, 0.3) is 0 Å². The van der Waals surface area contributed by atoms with Gasteiger partial charge in [-0.15, -0.1) is 0 Å². The molecule has 35 heavy (non-hydrogen) atoms. The zero-order valence-electron chi connectivity index (χ0n) is 20.5. The third kappa shape index (κ3) is 4.36. The fourth-order valence-corrected chi connectivity index (χ4v) is 5.08. The van der Waals surface area contributed by atoms with Gasteiger partial charge in [-0.2, -0.15) is 0 Å². The minimum atomic E-state index is -1.08. The molecule has 0 saturated heterocycles. The first-order chi connectivity index (χ1) is 16.6. The molecule has 2 aliphatic rings. The lowest BCUT2D eigenvalue weighted by molar-refractivity contribution is -0.121. The highest BCUT2D eigenvalue weighted by Crippen LogP contribution is 2.51. The van der Waals surface area contributed by atoms with Crippen LogP contribution < -0.4 is 19.1 Å². The third-order valence-electron chi connectivity index (χ3n) is 6.61. The number of carbonyl (C=O) groups is 3. The van der Waals surface area contributed by atoms with Gasteiger partial charge in [0.15, 0.2) is 17.3 Å². The zero-order chi connectivity index (χ0) is 25.5. The molecule has 1 heterocycles. The van der Waals surface area contributed by atoms with Crippen molar-refractivity contribution in [1.82, 2.24) is 0 Å². The van der Waals surface area contributed by atoms with Crippen LogP contribution in [0.3, 0.4) is 0 Å². The van der Waals surface area contributed by atoms with Crippen molar-refractivity contribution in [2.75, 3.05) is 26.2 Å². The second kappa shape index (κ2) is 9.09. The number of amides is 1. The smallest absolute Gasteiger partial charge is 0.335 e. The molecule has 0 saturated carbocycles. The maximum Gasteiger partial charge on any atom is 0.335 e. The highest BCUT2D eigenvalue weighted by atomic mass is 16.5. The van der Waals surface area contributed by atoms with E-state index in [-0.39, 0.29) is 29.1 Å². The summed E-state index contributed by atoms with van der Waals surface area (Å²) in [5.41, 5.74) is 1.97. The molecule has 2 aromatic carbocycles. The van der Waals surface area contributed by atoms with Crippen LogP contribution in [0.4, 0.5) is 5.69 Å². The van der Waals surface area contributed by atoms with Gasteiger partial charge in [-0.05, 0) is 36.1 Å². The highest BCUT2D eigenvalue weighted by molar-refractivity contribution is 6.08. The second-order valence-electron chi connectivity index (χ2n) is 9.59. The van der Waals surface area contributed by atoms with Crippen LogP contribution in [-0.4, -0.2) is 44.1 Å². The van der Waals surface area contributed by atoms with Crippen molar-refractivity contribution in [3.63, 3.8) is 0 Å². The lowest BCUT2D eigenvalue weighted by Gasteiger charge is -2.43. The summed E-state index contributed by atoms with van der Waals surface area (Å²) < 4.78 is 16.5. The topological polar surface area (TPSA) is 102 Å². The predicted octanol–water partition coefficient (Wildman–Crippen LogP) is 4.57. The number of ether oxygens (including phenoxy) is 3. The van der Waals surface area contributed by atoms with E-state index in [4.69, 9.17) is 14.2 Å². The number of methoxy groups -OCH3 is 3. The Bertz CT molecular complexity index is 1240. The van der Waals surface area contributed by atoms with Gasteiger partial charge in [-0.1, -0.05) is 19.9 Å². The van der Waals surface area contributed by atoms with Gasteiger partial charge >= 0.3 is 5.97 Å². The first-order valence-corrected chi connectivity index (χ1v) is 11.3. The number of hydrogen-bond acceptors (Lipinski definition) is 6. The van der Waals surface area contributed by atoms with Gasteiger partial charge in [0, 0.05) is 47.3 Å². The van der Waals surface area contributed by atoms with Crippen LogP contribution >= 0.6 is 0 Å². The normalized spacial score (nSPS) is 19.3. The van der Waals surface area contributed by atoms with Crippen LogP contribution in [0.2, 0.25) is 0 Å². The van der Waals surface area contributed by atoms with E-state index < -0.39 is 11.9 Å². The number of hydrogen-bond donors (Lipinski definition) is 1. The number of Topliss-reactive ketones (excluding diaryl/α,β-unsaturated/α-hetero) is 1. The lowest BCUT2D eigenvalue weighted by Crippen LogP contribution is -2.43. The molecule has 8 nitrogen and oxygen atoms in total. The number of carbonyl (C=O) groups excluding carboxylic acids is 2. The molecule has 1 aliphatic carbocycles. The molecule has 0 spiro atoms. The molecule has 0 bridgehead atoms. The molecule has 2 aromatic rings. The largest absolute Gasteiger partial charge is 0.496 e. The molecule has 1 amide bonds. The van der Waals surface area contributed by atoms with Gasteiger partial charge in [-0.3, -0.25) is 14.5 Å². The summed E-state index contributed by atoms with van der Waals surface area (Å²) >= 11 is 0. The number of aromatic carboxylic acids is 1. The van der Waals surface area contributed by atoms with Crippen molar-refractivity contribution in [3.05, 3.63) is 58.8 Å². The van der Waals surface area contributed by atoms with Crippen LogP contribution in [0.1, 0.15) is 54.9 Å². The first kappa shape index (κ1) is 24.3. The van der Waals surface area contributed by atoms with Gasteiger partial charge in [0.2, 0.25) is 5.91 Å². The quantitative estimate of drug-likeness (QED) is 0.647. The Morgan fingerprint density at radius 1 is 0.971 bits per heavy atom. The van der Waals surface area contributed by atoms with Crippen LogP contribution in [0, 0.1) is 5.41 Å². The molecule has 0 radical (unpaired) electrons. The van der Waals surface area contributed by atoms with E-state index in [0.717, 1.165) is 0 Å². The second-order valence-corrected chi connectivity index (χ2v) is 9.59. The van der Waals surface area contributed by atoms with E-state index >= 15 is 0 Å². The van der Waals surface area contributed by atoms with Gasteiger partial charge in [0.05, 0.1) is 26.9 Å².